The summed E-state index contributed by atoms with van der Waals surface area (Å²) in [5.74, 6) is -0.424. The van der Waals surface area contributed by atoms with E-state index in [4.69, 9.17) is 0 Å². The molecule has 0 aliphatic carbocycles. The zero-order valence-electron chi connectivity index (χ0n) is 16.5. The number of aromatic nitrogens is 2. The number of thioether (sulfide) groups is 1. The molecule has 9 heteroatoms. The Labute approximate surface area is 168 Å². The highest BCUT2D eigenvalue weighted by Gasteiger charge is 2.47. The molecule has 1 saturated heterocycles. The summed E-state index contributed by atoms with van der Waals surface area (Å²) >= 11 is 1.28. The van der Waals surface area contributed by atoms with Gasteiger partial charge in [0.15, 0.2) is 5.16 Å². The van der Waals surface area contributed by atoms with E-state index >= 15 is 0 Å². The summed E-state index contributed by atoms with van der Waals surface area (Å²) in [6.45, 7) is 8.48. The quantitative estimate of drug-likeness (QED) is 0.547. The monoisotopic (exact) mass is 403 g/mol. The highest BCUT2D eigenvalue weighted by atomic mass is 32.2. The molecule has 8 nitrogen and oxygen atoms in total. The average molecular weight is 404 g/mol. The molecular formula is C19H25N5O3S. The van der Waals surface area contributed by atoms with Crippen LogP contribution in [0.5, 0.6) is 0 Å². The standard InChI is InChI=1S/C19H25N5O3S/c1-5-19(4)16(26)24(17(27)21-19)22-15(25)11-28-18-20-13-8-6-7-9-14(13)23(18)10-12(2)3/h6-9,12H,5,10-11H2,1-4H3,(H,21,27)(H,22,25). The number of nitrogens with one attached hydrogen (secondary N) is 2. The molecule has 4 amide bonds. The maximum atomic E-state index is 12.4. The van der Waals surface area contributed by atoms with Crippen LogP contribution in [0.1, 0.15) is 34.1 Å². The molecule has 28 heavy (non-hydrogen) atoms. The number of nitrogens with zero attached hydrogens (tertiary/aromatic N) is 3. The summed E-state index contributed by atoms with van der Waals surface area (Å²) in [6.07, 6.45) is 0.442. The van der Waals surface area contributed by atoms with Crippen molar-refractivity contribution >= 4 is 40.6 Å². The number of carbonyl (C=O) groups excluding carboxylic acids is 3. The van der Waals surface area contributed by atoms with Crippen LogP contribution in [0.3, 0.4) is 0 Å². The van der Waals surface area contributed by atoms with Crippen LogP contribution in [0.2, 0.25) is 0 Å². The average Bonchev–Trinajstić information content (AvgIpc) is 3.10. The topological polar surface area (TPSA) is 96.3 Å². The van der Waals surface area contributed by atoms with Gasteiger partial charge in [-0.25, -0.2) is 9.78 Å². The molecule has 1 atom stereocenters. The number of imidazole rings is 1. The van der Waals surface area contributed by atoms with E-state index in [1.807, 2.05) is 24.3 Å². The van der Waals surface area contributed by atoms with E-state index in [2.05, 4.69) is 34.1 Å². The van der Waals surface area contributed by atoms with E-state index in [1.54, 1.807) is 13.8 Å². The van der Waals surface area contributed by atoms with Crippen molar-refractivity contribution in [1.82, 2.24) is 25.3 Å². The lowest BCUT2D eigenvalue weighted by molar-refractivity contribution is -0.137. The number of imide groups is 1. The third kappa shape index (κ3) is 3.84. The molecule has 0 bridgehead atoms. The number of para-hydroxylation sites is 2. The van der Waals surface area contributed by atoms with Gasteiger partial charge in [0.25, 0.3) is 5.91 Å². The lowest BCUT2D eigenvalue weighted by Gasteiger charge is -2.19. The zero-order chi connectivity index (χ0) is 20.5. The lowest BCUT2D eigenvalue weighted by Crippen LogP contribution is -2.49. The van der Waals surface area contributed by atoms with Crippen LogP contribution in [-0.4, -0.2) is 43.7 Å². The molecule has 0 spiro atoms. The second-order valence-corrected chi connectivity index (χ2v) is 8.41. The van der Waals surface area contributed by atoms with E-state index in [1.165, 1.54) is 11.8 Å². The fraction of sp³-hybridized carbons (Fsp3) is 0.474. The van der Waals surface area contributed by atoms with Gasteiger partial charge in [0, 0.05) is 6.54 Å². The Kier molecular flexibility index (Phi) is 5.64. The normalized spacial score (nSPS) is 19.5. The van der Waals surface area contributed by atoms with Crippen molar-refractivity contribution in [3.05, 3.63) is 24.3 Å². The molecule has 2 heterocycles. The third-order valence-electron chi connectivity index (χ3n) is 4.70. The molecular weight excluding hydrogens is 378 g/mol. The van der Waals surface area contributed by atoms with Crippen LogP contribution in [-0.2, 0) is 16.1 Å². The SMILES string of the molecule is CCC1(C)NC(=O)N(NC(=O)CSc2nc3ccccc3n2CC(C)C)C1=O. The van der Waals surface area contributed by atoms with Gasteiger partial charge < -0.3 is 9.88 Å². The van der Waals surface area contributed by atoms with Gasteiger partial charge in [-0.1, -0.05) is 44.7 Å². The minimum absolute atomic E-state index is 0.0430. The van der Waals surface area contributed by atoms with Gasteiger partial charge in [0.05, 0.1) is 16.8 Å². The second-order valence-electron chi connectivity index (χ2n) is 7.47. The van der Waals surface area contributed by atoms with Crippen LogP contribution in [0, 0.1) is 5.92 Å². The summed E-state index contributed by atoms with van der Waals surface area (Å²) in [7, 11) is 0. The Bertz CT molecular complexity index is 925. The highest BCUT2D eigenvalue weighted by Crippen LogP contribution is 2.25. The van der Waals surface area contributed by atoms with Crippen LogP contribution in [0.15, 0.2) is 29.4 Å². The molecule has 2 N–H and O–H groups in total. The predicted octanol–water partition coefficient (Wildman–Crippen LogP) is 2.54. The van der Waals surface area contributed by atoms with Crippen LogP contribution >= 0.6 is 11.8 Å². The fourth-order valence-electron chi connectivity index (χ4n) is 3.02. The van der Waals surface area contributed by atoms with Gasteiger partial charge in [0.1, 0.15) is 5.54 Å². The molecule has 1 unspecified atom stereocenters. The second kappa shape index (κ2) is 7.83. The van der Waals surface area contributed by atoms with Gasteiger partial charge in [-0.3, -0.25) is 15.0 Å². The van der Waals surface area contributed by atoms with Crippen molar-refractivity contribution in [2.75, 3.05) is 5.75 Å². The molecule has 1 aromatic heterocycles. The van der Waals surface area contributed by atoms with Crippen molar-refractivity contribution in [3.63, 3.8) is 0 Å². The van der Waals surface area contributed by atoms with Gasteiger partial charge in [-0.15, -0.1) is 0 Å². The van der Waals surface area contributed by atoms with Gasteiger partial charge >= 0.3 is 6.03 Å². The zero-order valence-corrected chi connectivity index (χ0v) is 17.3. The van der Waals surface area contributed by atoms with E-state index in [-0.39, 0.29) is 5.75 Å². The van der Waals surface area contributed by atoms with Crippen LogP contribution in [0.4, 0.5) is 4.79 Å². The number of urea groups is 1. The van der Waals surface area contributed by atoms with Gasteiger partial charge in [0.2, 0.25) is 5.91 Å². The first-order valence-electron chi connectivity index (χ1n) is 9.29. The van der Waals surface area contributed by atoms with Crippen molar-refractivity contribution in [2.45, 2.75) is 51.4 Å². The first-order chi connectivity index (χ1) is 13.2. The number of carbonyl (C=O) groups is 3. The molecule has 0 radical (unpaired) electrons. The maximum absolute atomic E-state index is 12.4. The fourth-order valence-corrected chi connectivity index (χ4v) is 3.83. The minimum atomic E-state index is -0.983. The third-order valence-corrected chi connectivity index (χ3v) is 5.68. The first-order valence-corrected chi connectivity index (χ1v) is 10.3. The molecule has 150 valence electrons. The number of hydrogen-bond donors (Lipinski definition) is 2. The van der Waals surface area contributed by atoms with Crippen molar-refractivity contribution in [3.8, 4) is 0 Å². The van der Waals surface area contributed by atoms with E-state index in [9.17, 15) is 14.4 Å². The molecule has 1 aliphatic heterocycles. The Hall–Kier alpha value is -2.55. The number of benzene rings is 1. The number of fused-ring (bicyclic) bond motifs is 1. The number of hydrazine groups is 1. The lowest BCUT2D eigenvalue weighted by atomic mass is 10.00. The number of rotatable bonds is 7. The Balaban J connectivity index is 1.70. The molecule has 2 aromatic rings. The van der Waals surface area contributed by atoms with Crippen molar-refractivity contribution < 1.29 is 14.4 Å². The molecule has 1 aromatic carbocycles. The van der Waals surface area contributed by atoms with Crippen LogP contribution < -0.4 is 10.7 Å². The molecule has 1 aliphatic rings. The number of amides is 4. The van der Waals surface area contributed by atoms with Crippen molar-refractivity contribution in [1.29, 1.82) is 0 Å². The van der Waals surface area contributed by atoms with Gasteiger partial charge in [-0.05, 0) is 31.4 Å². The van der Waals surface area contributed by atoms with E-state index < -0.39 is 23.4 Å². The molecule has 1 fully saturated rings. The Morgan fingerprint density at radius 1 is 1.32 bits per heavy atom. The predicted molar refractivity (Wildman–Crippen MR) is 108 cm³/mol. The summed E-state index contributed by atoms with van der Waals surface area (Å²) in [4.78, 5) is 41.4. The van der Waals surface area contributed by atoms with Crippen molar-refractivity contribution in [2.24, 2.45) is 5.92 Å². The Morgan fingerprint density at radius 3 is 2.68 bits per heavy atom. The number of hydrogen-bond acceptors (Lipinski definition) is 5. The molecule has 3 rings (SSSR count). The maximum Gasteiger partial charge on any atom is 0.344 e. The highest BCUT2D eigenvalue weighted by molar-refractivity contribution is 7.99. The minimum Gasteiger partial charge on any atom is -0.322 e. The summed E-state index contributed by atoms with van der Waals surface area (Å²) in [6, 6.07) is 7.23. The first kappa shape index (κ1) is 20.2. The summed E-state index contributed by atoms with van der Waals surface area (Å²) in [5.41, 5.74) is 3.32. The summed E-state index contributed by atoms with van der Waals surface area (Å²) in [5, 5.41) is 4.11. The summed E-state index contributed by atoms with van der Waals surface area (Å²) < 4.78 is 2.10. The largest absolute Gasteiger partial charge is 0.344 e. The molecule has 0 saturated carbocycles. The van der Waals surface area contributed by atoms with E-state index in [0.29, 0.717) is 12.3 Å². The van der Waals surface area contributed by atoms with Crippen LogP contribution in [0.25, 0.3) is 11.0 Å². The smallest absolute Gasteiger partial charge is 0.322 e. The van der Waals surface area contributed by atoms with Gasteiger partial charge in [-0.2, -0.15) is 5.01 Å². The van der Waals surface area contributed by atoms with E-state index in [0.717, 1.165) is 27.7 Å². The Morgan fingerprint density at radius 2 is 2.04 bits per heavy atom.